The van der Waals surface area contributed by atoms with Gasteiger partial charge in [-0.05, 0) is 40.5 Å². The maximum absolute atomic E-state index is 4.09. The zero-order chi connectivity index (χ0) is 10.8. The number of rotatable bonds is 0. The van der Waals surface area contributed by atoms with Gasteiger partial charge in [-0.1, -0.05) is 49.9 Å². The number of fused-ring (bicyclic) bond motifs is 1. The monoisotopic (exact) mass is 196 g/mol. The van der Waals surface area contributed by atoms with Crippen molar-refractivity contribution in [3.8, 4) is 0 Å². The Kier molecular flexibility index (Phi) is 2.59. The number of allylic oxidation sites excluding steroid dienone is 3. The molecule has 0 fully saturated rings. The van der Waals surface area contributed by atoms with Gasteiger partial charge in [-0.15, -0.1) is 0 Å². The fourth-order valence-electron chi connectivity index (χ4n) is 1.93. The molecule has 0 nitrogen and oxygen atoms in total. The first kappa shape index (κ1) is 9.97. The van der Waals surface area contributed by atoms with E-state index >= 15 is 0 Å². The molecule has 0 aliphatic heterocycles. The Morgan fingerprint density at radius 3 is 2.47 bits per heavy atom. The average Bonchev–Trinajstić information content (AvgIpc) is 2.19. The van der Waals surface area contributed by atoms with E-state index in [0.717, 1.165) is 5.57 Å². The third kappa shape index (κ3) is 2.10. The van der Waals surface area contributed by atoms with E-state index in [1.165, 1.54) is 16.0 Å². The molecule has 1 aliphatic carbocycles. The van der Waals surface area contributed by atoms with Gasteiger partial charge in [-0.25, -0.2) is 0 Å². The lowest BCUT2D eigenvalue weighted by Crippen LogP contribution is -2.25. The van der Waals surface area contributed by atoms with Gasteiger partial charge in [-0.3, -0.25) is 0 Å². The molecule has 0 radical (unpaired) electrons. The second-order valence-corrected chi connectivity index (χ2v) is 4.17. The zero-order valence-electron chi connectivity index (χ0n) is 9.33. The summed E-state index contributed by atoms with van der Waals surface area (Å²) < 4.78 is 0. The van der Waals surface area contributed by atoms with Crippen molar-refractivity contribution in [2.75, 3.05) is 0 Å². The van der Waals surface area contributed by atoms with Crippen molar-refractivity contribution in [1.82, 2.24) is 0 Å². The van der Waals surface area contributed by atoms with Crippen molar-refractivity contribution in [3.63, 3.8) is 0 Å². The van der Waals surface area contributed by atoms with Crippen LogP contribution in [0.4, 0.5) is 0 Å². The van der Waals surface area contributed by atoms with Gasteiger partial charge < -0.3 is 0 Å². The lowest BCUT2D eigenvalue weighted by atomic mass is 9.98. The van der Waals surface area contributed by atoms with Gasteiger partial charge in [0.05, 0.1) is 0 Å². The molecule has 2 rings (SSSR count). The van der Waals surface area contributed by atoms with Crippen molar-refractivity contribution >= 4 is 12.2 Å². The second kappa shape index (κ2) is 3.90. The number of hydrogen-bond acceptors (Lipinski definition) is 0. The largest absolute Gasteiger partial charge is 0.0915 e. The molecule has 0 amide bonds. The maximum Gasteiger partial charge on any atom is -0.00668 e. The average molecular weight is 196 g/mol. The van der Waals surface area contributed by atoms with E-state index in [0.29, 0.717) is 5.92 Å². The van der Waals surface area contributed by atoms with Crippen LogP contribution in [0.3, 0.4) is 0 Å². The summed E-state index contributed by atoms with van der Waals surface area (Å²) >= 11 is 0. The highest BCUT2D eigenvalue weighted by Crippen LogP contribution is 2.13. The predicted octanol–water partition coefficient (Wildman–Crippen LogP) is 2.40. The minimum Gasteiger partial charge on any atom is -0.0915 e. The van der Waals surface area contributed by atoms with Gasteiger partial charge in [0.25, 0.3) is 0 Å². The molecule has 0 spiro atoms. The Morgan fingerprint density at radius 1 is 1.07 bits per heavy atom. The number of hydrogen-bond donors (Lipinski definition) is 0. The molecular weight excluding hydrogens is 180 g/mol. The molecule has 1 aromatic rings. The highest BCUT2D eigenvalue weighted by molar-refractivity contribution is 5.58. The molecule has 1 unspecified atom stereocenters. The van der Waals surface area contributed by atoms with Gasteiger partial charge in [0.15, 0.2) is 0 Å². The summed E-state index contributed by atoms with van der Waals surface area (Å²) in [5, 5.41) is 2.57. The first-order valence-corrected chi connectivity index (χ1v) is 5.33. The summed E-state index contributed by atoms with van der Waals surface area (Å²) in [4.78, 5) is 0. The molecule has 1 aliphatic rings. The molecular formula is C15H16. The molecule has 0 bridgehead atoms. The fraction of sp³-hybridized carbons (Fsp3) is 0.200. The smallest absolute Gasteiger partial charge is 0.00668 e. The summed E-state index contributed by atoms with van der Waals surface area (Å²) in [6.45, 7) is 8.42. The Bertz CT molecular complexity index is 529. The van der Waals surface area contributed by atoms with Crippen LogP contribution >= 0.6 is 0 Å². The Balaban J connectivity index is 2.75. The maximum atomic E-state index is 4.09. The van der Waals surface area contributed by atoms with Crippen LogP contribution in [-0.2, 0) is 0 Å². The molecule has 0 heterocycles. The highest BCUT2D eigenvalue weighted by Gasteiger charge is 2.00. The normalized spacial score (nSPS) is 28.3. The standard InChI is InChI=1S/C15H16/c1-11-8-12(2)13(3)10-15-7-5-4-6-14(15)9-11/h4-11H,3H2,1-2H3/b12-8-,14-9-,15-10-. The molecule has 0 aromatic heterocycles. The highest BCUT2D eigenvalue weighted by atomic mass is 14.1. The van der Waals surface area contributed by atoms with Gasteiger partial charge in [0.2, 0.25) is 0 Å². The van der Waals surface area contributed by atoms with Crippen molar-refractivity contribution < 1.29 is 0 Å². The van der Waals surface area contributed by atoms with Crippen molar-refractivity contribution in [2.24, 2.45) is 5.92 Å². The van der Waals surface area contributed by atoms with E-state index < -0.39 is 0 Å². The van der Waals surface area contributed by atoms with E-state index in [1.807, 2.05) is 0 Å². The summed E-state index contributed by atoms with van der Waals surface area (Å²) in [7, 11) is 0. The van der Waals surface area contributed by atoms with Crippen LogP contribution < -0.4 is 10.4 Å². The quantitative estimate of drug-likeness (QED) is 0.597. The number of benzene rings is 1. The molecule has 0 heteroatoms. The van der Waals surface area contributed by atoms with Crippen LogP contribution in [0, 0.1) is 5.92 Å². The molecule has 0 saturated carbocycles. The van der Waals surface area contributed by atoms with E-state index in [9.17, 15) is 0 Å². The molecule has 1 atom stereocenters. The zero-order valence-corrected chi connectivity index (χ0v) is 9.33. The van der Waals surface area contributed by atoms with Crippen LogP contribution in [0.1, 0.15) is 13.8 Å². The van der Waals surface area contributed by atoms with Crippen LogP contribution in [0.15, 0.2) is 48.1 Å². The van der Waals surface area contributed by atoms with Crippen molar-refractivity contribution in [1.29, 1.82) is 0 Å². The summed E-state index contributed by atoms with van der Waals surface area (Å²) in [5.74, 6) is 0.469. The van der Waals surface area contributed by atoms with Gasteiger partial charge in [0, 0.05) is 0 Å². The van der Waals surface area contributed by atoms with Crippen molar-refractivity contribution in [3.05, 3.63) is 58.5 Å². The molecule has 0 saturated heterocycles. The van der Waals surface area contributed by atoms with Gasteiger partial charge >= 0.3 is 0 Å². The Morgan fingerprint density at radius 2 is 1.73 bits per heavy atom. The SMILES string of the molecule is C=C1/C=c2/cccc/c2=C/C(C)/C=C\1C. The van der Waals surface area contributed by atoms with E-state index in [2.05, 4.69) is 62.9 Å². The van der Waals surface area contributed by atoms with E-state index in [4.69, 9.17) is 0 Å². The van der Waals surface area contributed by atoms with E-state index in [1.54, 1.807) is 0 Å². The third-order valence-corrected chi connectivity index (χ3v) is 2.79. The van der Waals surface area contributed by atoms with Crippen LogP contribution in [0.2, 0.25) is 0 Å². The first-order valence-electron chi connectivity index (χ1n) is 5.33. The lowest BCUT2D eigenvalue weighted by molar-refractivity contribution is 0.978. The molecule has 1 aromatic carbocycles. The van der Waals surface area contributed by atoms with Gasteiger partial charge in [0.1, 0.15) is 0 Å². The minimum absolute atomic E-state index is 0.469. The Labute approximate surface area is 91.0 Å². The topological polar surface area (TPSA) is 0 Å². The van der Waals surface area contributed by atoms with E-state index in [-0.39, 0.29) is 0 Å². The summed E-state index contributed by atoms with van der Waals surface area (Å²) in [5.41, 5.74) is 2.38. The third-order valence-electron chi connectivity index (χ3n) is 2.79. The molecule has 0 N–H and O–H groups in total. The predicted molar refractivity (Wildman–Crippen MR) is 66.7 cm³/mol. The summed E-state index contributed by atoms with van der Waals surface area (Å²) in [6, 6.07) is 8.45. The van der Waals surface area contributed by atoms with Gasteiger partial charge in [-0.2, -0.15) is 0 Å². The first-order chi connectivity index (χ1) is 7.16. The lowest BCUT2D eigenvalue weighted by Gasteiger charge is -2.08. The second-order valence-electron chi connectivity index (χ2n) is 4.17. The molecule has 76 valence electrons. The molecule has 15 heavy (non-hydrogen) atoms. The van der Waals surface area contributed by atoms with Crippen LogP contribution in [0.25, 0.3) is 12.2 Å². The summed E-state index contributed by atoms with van der Waals surface area (Å²) in [6.07, 6.45) is 6.71. The minimum atomic E-state index is 0.469. The van der Waals surface area contributed by atoms with Crippen molar-refractivity contribution in [2.45, 2.75) is 13.8 Å². The van der Waals surface area contributed by atoms with Crippen LogP contribution in [-0.4, -0.2) is 0 Å². The Hall–Kier alpha value is -1.56. The fourth-order valence-corrected chi connectivity index (χ4v) is 1.93. The van der Waals surface area contributed by atoms with Crippen LogP contribution in [0.5, 0.6) is 0 Å².